The van der Waals surface area contributed by atoms with Gasteiger partial charge in [0.2, 0.25) is 0 Å². The molecule has 3 rings (SSSR count). The second kappa shape index (κ2) is 3.95. The van der Waals surface area contributed by atoms with E-state index < -0.39 is 5.63 Å². The average Bonchev–Trinajstić information content (AvgIpc) is 2.39. The number of rotatable bonds is 1. The Balaban J connectivity index is 2.59. The summed E-state index contributed by atoms with van der Waals surface area (Å²) in [7, 11) is 0. The normalized spacial score (nSPS) is 10.4. The van der Waals surface area contributed by atoms with Crippen molar-refractivity contribution in [3.63, 3.8) is 0 Å². The van der Waals surface area contributed by atoms with E-state index in [1.165, 1.54) is 12.3 Å². The highest BCUT2D eigenvalue weighted by Crippen LogP contribution is 2.25. The highest BCUT2D eigenvalue weighted by Gasteiger charge is 2.09. The van der Waals surface area contributed by atoms with E-state index in [1.54, 1.807) is 0 Å². The van der Waals surface area contributed by atoms with Crippen molar-refractivity contribution >= 4 is 28.0 Å². The maximum absolute atomic E-state index is 11.5. The molecule has 1 heterocycles. The summed E-state index contributed by atoms with van der Waals surface area (Å²) >= 11 is 0. The molecule has 0 atom stereocenters. The fraction of sp³-hybridized carbons (Fsp3) is 0. The number of benzene rings is 2. The Morgan fingerprint density at radius 1 is 1.11 bits per heavy atom. The van der Waals surface area contributed by atoms with Crippen LogP contribution in [0.5, 0.6) is 0 Å². The molecule has 0 saturated heterocycles. The highest BCUT2D eigenvalue weighted by atomic mass is 16.4. The van der Waals surface area contributed by atoms with E-state index in [0.29, 0.717) is 11.1 Å². The van der Waals surface area contributed by atoms with E-state index in [0.717, 1.165) is 16.2 Å². The number of nitrogens with zero attached hydrogens (tertiary/aromatic N) is 2. The maximum Gasteiger partial charge on any atom is 0.337 e. The molecule has 86 valence electrons. The van der Waals surface area contributed by atoms with Crippen molar-refractivity contribution in [2.45, 2.75) is 0 Å². The van der Waals surface area contributed by atoms with E-state index in [1.807, 2.05) is 36.4 Å². The lowest BCUT2D eigenvalue weighted by Crippen LogP contribution is -2.00. The maximum atomic E-state index is 11.5. The molecule has 4 heteroatoms. The molecule has 0 spiro atoms. The molecule has 18 heavy (non-hydrogen) atoms. The van der Waals surface area contributed by atoms with Gasteiger partial charge in [0.25, 0.3) is 6.21 Å². The summed E-state index contributed by atoms with van der Waals surface area (Å²) in [6.07, 6.45) is 1.23. The second-order valence-electron chi connectivity index (χ2n) is 3.93. The minimum absolute atomic E-state index is 0.464. The summed E-state index contributed by atoms with van der Waals surface area (Å²) in [5, 5.41) is 2.60. The second-order valence-corrected chi connectivity index (χ2v) is 3.93. The molecule has 3 aromatic rings. The van der Waals surface area contributed by atoms with Gasteiger partial charge >= 0.3 is 5.63 Å². The standard InChI is InChI=1S/C14H8N2O2/c15-16-8-10-7-13(17)18-14-11-4-2-1-3-9(11)5-6-12(10)14/h1-8H. The predicted octanol–water partition coefficient (Wildman–Crippen LogP) is 2.59. The smallest absolute Gasteiger partial charge is 0.337 e. The fourth-order valence-corrected chi connectivity index (χ4v) is 2.08. The van der Waals surface area contributed by atoms with E-state index in [4.69, 9.17) is 9.95 Å². The SMILES string of the molecule is [N-]=[N+]=Cc1cc(=O)oc2c1ccc1ccccc12. The molecule has 0 N–H and O–H groups in total. The Morgan fingerprint density at radius 3 is 2.78 bits per heavy atom. The first-order valence-corrected chi connectivity index (χ1v) is 5.42. The van der Waals surface area contributed by atoms with E-state index in [9.17, 15) is 4.79 Å². The van der Waals surface area contributed by atoms with Crippen molar-refractivity contribution in [3.8, 4) is 0 Å². The number of fused-ring (bicyclic) bond motifs is 3. The molecule has 0 radical (unpaired) electrons. The molecule has 0 aliphatic heterocycles. The van der Waals surface area contributed by atoms with Gasteiger partial charge in [0.05, 0.1) is 5.56 Å². The third kappa shape index (κ3) is 1.52. The molecule has 0 bridgehead atoms. The van der Waals surface area contributed by atoms with Gasteiger partial charge in [0.15, 0.2) is 0 Å². The molecule has 0 unspecified atom stereocenters. The first-order valence-electron chi connectivity index (χ1n) is 5.42. The van der Waals surface area contributed by atoms with E-state index >= 15 is 0 Å². The van der Waals surface area contributed by atoms with Crippen molar-refractivity contribution in [1.29, 1.82) is 0 Å². The van der Waals surface area contributed by atoms with Crippen LogP contribution in [0.15, 0.2) is 51.7 Å². The van der Waals surface area contributed by atoms with Crippen LogP contribution in [0.1, 0.15) is 5.56 Å². The molecule has 0 saturated carbocycles. The van der Waals surface area contributed by atoms with Crippen LogP contribution in [0.3, 0.4) is 0 Å². The summed E-state index contributed by atoms with van der Waals surface area (Å²) in [5.41, 5.74) is 9.20. The van der Waals surface area contributed by atoms with Crippen molar-refractivity contribution in [1.82, 2.24) is 0 Å². The largest absolute Gasteiger partial charge is 0.422 e. The summed E-state index contributed by atoms with van der Waals surface area (Å²) in [4.78, 5) is 14.5. The molecular weight excluding hydrogens is 228 g/mol. The van der Waals surface area contributed by atoms with Gasteiger partial charge in [-0.3, -0.25) is 0 Å². The lowest BCUT2D eigenvalue weighted by atomic mass is 10.0. The highest BCUT2D eigenvalue weighted by molar-refractivity contribution is 6.08. The fourth-order valence-electron chi connectivity index (χ4n) is 2.08. The third-order valence-corrected chi connectivity index (χ3v) is 2.86. The van der Waals surface area contributed by atoms with Gasteiger partial charge in [-0.2, -0.15) is 4.79 Å². The third-order valence-electron chi connectivity index (χ3n) is 2.86. The molecule has 0 fully saturated rings. The van der Waals surface area contributed by atoms with Crippen LogP contribution in [0.25, 0.3) is 27.3 Å². The van der Waals surface area contributed by atoms with Gasteiger partial charge in [-0.1, -0.05) is 30.3 Å². The Hall–Kier alpha value is -2.71. The summed E-state index contributed by atoms with van der Waals surface area (Å²) in [5.74, 6) is 0. The Labute approximate surface area is 102 Å². The molecule has 4 nitrogen and oxygen atoms in total. The van der Waals surface area contributed by atoms with Gasteiger partial charge in [0, 0.05) is 16.8 Å². The van der Waals surface area contributed by atoms with Gasteiger partial charge in [-0.15, -0.1) is 0 Å². The molecule has 0 aliphatic rings. The van der Waals surface area contributed by atoms with Gasteiger partial charge in [-0.25, -0.2) is 4.79 Å². The Morgan fingerprint density at radius 2 is 1.94 bits per heavy atom. The van der Waals surface area contributed by atoms with E-state index in [2.05, 4.69) is 4.79 Å². The average molecular weight is 236 g/mol. The Bertz CT molecular complexity index is 858. The minimum atomic E-state index is -0.464. The zero-order valence-electron chi connectivity index (χ0n) is 9.33. The summed E-state index contributed by atoms with van der Waals surface area (Å²) < 4.78 is 5.26. The lowest BCUT2D eigenvalue weighted by Gasteiger charge is -2.02. The van der Waals surface area contributed by atoms with Gasteiger partial charge in [0.1, 0.15) is 5.58 Å². The zero-order chi connectivity index (χ0) is 12.5. The van der Waals surface area contributed by atoms with E-state index in [-0.39, 0.29) is 0 Å². The van der Waals surface area contributed by atoms with Crippen LogP contribution < -0.4 is 5.63 Å². The van der Waals surface area contributed by atoms with Crippen molar-refractivity contribution in [2.75, 3.05) is 0 Å². The van der Waals surface area contributed by atoms with Crippen molar-refractivity contribution in [3.05, 3.63) is 64.0 Å². The monoisotopic (exact) mass is 236 g/mol. The van der Waals surface area contributed by atoms with Crippen LogP contribution in [0, 0.1) is 0 Å². The van der Waals surface area contributed by atoms with Crippen molar-refractivity contribution in [2.24, 2.45) is 0 Å². The van der Waals surface area contributed by atoms with Gasteiger partial charge in [-0.05, 0) is 11.5 Å². The predicted molar refractivity (Wildman–Crippen MR) is 68.8 cm³/mol. The van der Waals surface area contributed by atoms with Crippen LogP contribution in [0.4, 0.5) is 0 Å². The quantitative estimate of drug-likeness (QED) is 0.214. The number of hydrogen-bond donors (Lipinski definition) is 0. The zero-order valence-corrected chi connectivity index (χ0v) is 9.33. The van der Waals surface area contributed by atoms with Crippen LogP contribution >= 0.6 is 0 Å². The molecule has 2 aromatic carbocycles. The molecule has 0 amide bonds. The molecule has 0 aliphatic carbocycles. The topological polar surface area (TPSA) is 66.6 Å². The van der Waals surface area contributed by atoms with Crippen LogP contribution in [-0.2, 0) is 0 Å². The van der Waals surface area contributed by atoms with Crippen molar-refractivity contribution < 1.29 is 9.21 Å². The minimum Gasteiger partial charge on any atom is -0.422 e. The number of hydrogen-bond acceptors (Lipinski definition) is 2. The van der Waals surface area contributed by atoms with Crippen LogP contribution in [-0.4, -0.2) is 11.0 Å². The molecular formula is C14H8N2O2. The summed E-state index contributed by atoms with van der Waals surface area (Å²) in [6.45, 7) is 0. The Kier molecular flexibility index (Phi) is 2.29. The molecule has 1 aromatic heterocycles. The first kappa shape index (κ1) is 10.4. The summed E-state index contributed by atoms with van der Waals surface area (Å²) in [6, 6.07) is 12.7. The lowest BCUT2D eigenvalue weighted by molar-refractivity contribution is 0.00463. The van der Waals surface area contributed by atoms with Crippen LogP contribution in [0.2, 0.25) is 0 Å². The van der Waals surface area contributed by atoms with Gasteiger partial charge < -0.3 is 9.95 Å². The first-order chi connectivity index (χ1) is 8.79.